The summed E-state index contributed by atoms with van der Waals surface area (Å²) in [6, 6.07) is 0. The highest BCUT2D eigenvalue weighted by molar-refractivity contribution is 5.81. The van der Waals surface area contributed by atoms with E-state index in [0.717, 1.165) is 12.8 Å². The summed E-state index contributed by atoms with van der Waals surface area (Å²) in [6.07, 6.45) is 2.28. The smallest absolute Gasteiger partial charge is 0.228 e. The molecule has 0 aromatic carbocycles. The van der Waals surface area contributed by atoms with Crippen molar-refractivity contribution in [1.82, 2.24) is 4.90 Å². The minimum Gasteiger partial charge on any atom is -0.374 e. The number of nitrogens with zero attached hydrogens (tertiary/aromatic N) is 1. The second-order valence-corrected chi connectivity index (χ2v) is 6.24. The minimum absolute atomic E-state index is 0.00572. The van der Waals surface area contributed by atoms with Crippen LogP contribution in [0.15, 0.2) is 0 Å². The molecule has 104 valence electrons. The van der Waals surface area contributed by atoms with Gasteiger partial charge in [0, 0.05) is 13.1 Å². The first-order valence-corrected chi connectivity index (χ1v) is 7.11. The van der Waals surface area contributed by atoms with E-state index < -0.39 is 0 Å². The van der Waals surface area contributed by atoms with Crippen LogP contribution in [-0.4, -0.2) is 41.6 Å². The molecule has 0 spiro atoms. The average Bonchev–Trinajstić information content (AvgIpc) is 2.49. The van der Waals surface area contributed by atoms with Crippen molar-refractivity contribution in [2.24, 2.45) is 17.6 Å². The van der Waals surface area contributed by atoms with Crippen LogP contribution in [0.1, 0.15) is 40.5 Å². The Morgan fingerprint density at radius 2 is 1.94 bits per heavy atom. The van der Waals surface area contributed by atoms with Crippen molar-refractivity contribution < 1.29 is 9.53 Å². The number of carbonyl (C=O) groups is 1. The number of hydrogen-bond donors (Lipinski definition) is 1. The molecule has 4 nitrogen and oxygen atoms in total. The molecule has 0 radical (unpaired) electrons. The summed E-state index contributed by atoms with van der Waals surface area (Å²) in [5, 5.41) is 0. The largest absolute Gasteiger partial charge is 0.374 e. The van der Waals surface area contributed by atoms with E-state index in [2.05, 4.69) is 20.8 Å². The Morgan fingerprint density at radius 1 is 1.33 bits per heavy atom. The van der Waals surface area contributed by atoms with Crippen LogP contribution in [0.2, 0.25) is 0 Å². The lowest BCUT2D eigenvalue weighted by atomic mass is 9.82. The Balaban J connectivity index is 1.94. The van der Waals surface area contributed by atoms with Crippen molar-refractivity contribution in [2.45, 2.75) is 58.3 Å². The molecule has 1 amide bonds. The number of hydrogen-bond acceptors (Lipinski definition) is 3. The molecule has 4 atom stereocenters. The topological polar surface area (TPSA) is 55.6 Å². The highest BCUT2D eigenvalue weighted by Gasteiger charge is 2.48. The van der Waals surface area contributed by atoms with Gasteiger partial charge in [-0.1, -0.05) is 20.3 Å². The molecule has 2 aliphatic heterocycles. The van der Waals surface area contributed by atoms with Gasteiger partial charge in [0.05, 0.1) is 23.7 Å². The first kappa shape index (κ1) is 13.8. The van der Waals surface area contributed by atoms with Crippen molar-refractivity contribution in [3.8, 4) is 0 Å². The third kappa shape index (κ3) is 2.28. The first-order valence-electron chi connectivity index (χ1n) is 7.11. The highest BCUT2D eigenvalue weighted by atomic mass is 16.5. The summed E-state index contributed by atoms with van der Waals surface area (Å²) in [5.74, 6) is 0.536. The fraction of sp³-hybridized carbons (Fsp3) is 0.929. The fourth-order valence-corrected chi connectivity index (χ4v) is 3.43. The van der Waals surface area contributed by atoms with Crippen molar-refractivity contribution >= 4 is 5.91 Å². The van der Waals surface area contributed by atoms with E-state index in [0.29, 0.717) is 19.0 Å². The molecular weight excluding hydrogens is 228 g/mol. The molecule has 0 bridgehead atoms. The normalized spacial score (nSPS) is 38.6. The van der Waals surface area contributed by atoms with Crippen molar-refractivity contribution in [3.05, 3.63) is 0 Å². The summed E-state index contributed by atoms with van der Waals surface area (Å²) < 4.78 is 5.75. The molecular formula is C14H26N2O2. The van der Waals surface area contributed by atoms with Gasteiger partial charge in [-0.25, -0.2) is 0 Å². The molecule has 2 saturated heterocycles. The fourth-order valence-electron chi connectivity index (χ4n) is 3.43. The van der Waals surface area contributed by atoms with E-state index in [-0.39, 0.29) is 29.6 Å². The van der Waals surface area contributed by atoms with Crippen LogP contribution < -0.4 is 5.73 Å². The number of carbonyl (C=O) groups excluding carboxylic acids is 1. The maximum absolute atomic E-state index is 12.5. The lowest BCUT2D eigenvalue weighted by molar-refractivity contribution is -0.145. The Hall–Kier alpha value is -0.610. The highest BCUT2D eigenvalue weighted by Crippen LogP contribution is 2.35. The lowest BCUT2D eigenvalue weighted by Crippen LogP contribution is -2.69. The van der Waals surface area contributed by atoms with E-state index in [1.165, 1.54) is 0 Å². The zero-order chi connectivity index (χ0) is 13.5. The Morgan fingerprint density at radius 3 is 2.39 bits per heavy atom. The van der Waals surface area contributed by atoms with E-state index in [9.17, 15) is 4.79 Å². The van der Waals surface area contributed by atoms with E-state index in [1.807, 2.05) is 11.8 Å². The Labute approximate surface area is 110 Å². The van der Waals surface area contributed by atoms with Gasteiger partial charge in [0.25, 0.3) is 0 Å². The summed E-state index contributed by atoms with van der Waals surface area (Å²) in [4.78, 5) is 14.4. The molecule has 18 heavy (non-hydrogen) atoms. The number of amides is 1. The van der Waals surface area contributed by atoms with Crippen molar-refractivity contribution in [2.75, 3.05) is 13.1 Å². The van der Waals surface area contributed by atoms with Gasteiger partial charge < -0.3 is 15.4 Å². The van der Waals surface area contributed by atoms with Gasteiger partial charge in [-0.15, -0.1) is 0 Å². The molecule has 2 fully saturated rings. The quantitative estimate of drug-likeness (QED) is 0.828. The molecule has 0 aromatic rings. The van der Waals surface area contributed by atoms with Gasteiger partial charge in [-0.05, 0) is 26.2 Å². The van der Waals surface area contributed by atoms with E-state index in [4.69, 9.17) is 10.5 Å². The third-order valence-corrected chi connectivity index (χ3v) is 4.60. The van der Waals surface area contributed by atoms with Crippen LogP contribution >= 0.6 is 0 Å². The zero-order valence-electron chi connectivity index (χ0n) is 12.0. The lowest BCUT2D eigenvalue weighted by Gasteiger charge is -2.49. The zero-order valence-corrected chi connectivity index (χ0v) is 12.0. The van der Waals surface area contributed by atoms with Crippen molar-refractivity contribution in [1.29, 1.82) is 0 Å². The predicted molar refractivity (Wildman–Crippen MR) is 71.1 cm³/mol. The van der Waals surface area contributed by atoms with Gasteiger partial charge in [0.15, 0.2) is 0 Å². The number of likely N-dealkylation sites (tertiary alicyclic amines) is 1. The standard InChI is InChI=1S/C14H26N2O2/c1-5-6-14(15)7-16(8-14)13(17)12-9(2)10(3)18-11(12)4/h9-12H,5-8,15H2,1-4H3. The van der Waals surface area contributed by atoms with Crippen LogP contribution in [-0.2, 0) is 9.53 Å². The molecule has 2 aliphatic rings. The Kier molecular flexibility index (Phi) is 3.70. The molecule has 4 unspecified atom stereocenters. The maximum atomic E-state index is 12.5. The number of nitrogens with two attached hydrogens (primary N) is 1. The molecule has 4 heteroatoms. The van der Waals surface area contributed by atoms with Crippen molar-refractivity contribution in [3.63, 3.8) is 0 Å². The van der Waals surface area contributed by atoms with Crippen LogP contribution in [0.5, 0.6) is 0 Å². The summed E-state index contributed by atoms with van der Waals surface area (Å²) >= 11 is 0. The SMILES string of the molecule is CCCC1(N)CN(C(=O)C2C(C)OC(C)C2C)C1. The summed E-state index contributed by atoms with van der Waals surface area (Å²) in [5.41, 5.74) is 6.07. The van der Waals surface area contributed by atoms with E-state index in [1.54, 1.807) is 0 Å². The van der Waals surface area contributed by atoms with Gasteiger partial charge >= 0.3 is 0 Å². The van der Waals surface area contributed by atoms with Gasteiger partial charge in [0.2, 0.25) is 5.91 Å². The second-order valence-electron chi connectivity index (χ2n) is 6.24. The molecule has 2 rings (SSSR count). The third-order valence-electron chi connectivity index (χ3n) is 4.60. The van der Waals surface area contributed by atoms with Crippen LogP contribution in [0.3, 0.4) is 0 Å². The molecule has 0 saturated carbocycles. The number of ether oxygens (including phenoxy) is 1. The number of rotatable bonds is 3. The van der Waals surface area contributed by atoms with Gasteiger partial charge in [0.1, 0.15) is 0 Å². The molecule has 0 aliphatic carbocycles. The average molecular weight is 254 g/mol. The maximum Gasteiger partial charge on any atom is 0.228 e. The van der Waals surface area contributed by atoms with Crippen LogP contribution in [0.25, 0.3) is 0 Å². The Bertz CT molecular complexity index is 326. The predicted octanol–water partition coefficient (Wildman–Crippen LogP) is 1.39. The monoisotopic (exact) mass is 254 g/mol. The molecule has 0 aromatic heterocycles. The van der Waals surface area contributed by atoms with E-state index >= 15 is 0 Å². The summed E-state index contributed by atoms with van der Waals surface area (Å²) in [7, 11) is 0. The van der Waals surface area contributed by atoms with Crippen LogP contribution in [0, 0.1) is 11.8 Å². The minimum atomic E-state index is -0.137. The first-order chi connectivity index (χ1) is 8.38. The molecule has 2 heterocycles. The van der Waals surface area contributed by atoms with Gasteiger partial charge in [-0.2, -0.15) is 0 Å². The molecule has 2 N–H and O–H groups in total. The second kappa shape index (κ2) is 4.82. The summed E-state index contributed by atoms with van der Waals surface area (Å²) in [6.45, 7) is 9.72. The van der Waals surface area contributed by atoms with Gasteiger partial charge in [-0.3, -0.25) is 4.79 Å². The van der Waals surface area contributed by atoms with Crippen LogP contribution in [0.4, 0.5) is 0 Å².